The Morgan fingerprint density at radius 3 is 2.18 bits per heavy atom. The number of fused-ring (bicyclic) bond motifs is 5. The Hall–Kier alpha value is -5.79. The van der Waals surface area contributed by atoms with E-state index in [1.807, 2.05) is 67.1 Å². The topological polar surface area (TPSA) is 69.4 Å². The maximum absolute atomic E-state index is 5.14. The molecule has 5 aromatic heterocycles. The van der Waals surface area contributed by atoms with Gasteiger partial charge in [-0.15, -0.1) is 11.3 Å². The summed E-state index contributed by atoms with van der Waals surface area (Å²) < 4.78 is 3.29. The molecular weight excluding hydrogens is 561 g/mol. The molecule has 0 aliphatic rings. The van der Waals surface area contributed by atoms with Crippen LogP contribution >= 0.6 is 11.3 Å². The van der Waals surface area contributed by atoms with Gasteiger partial charge in [0.2, 0.25) is 0 Å². The number of thiazole rings is 1. The molecule has 7 heteroatoms. The highest BCUT2D eigenvalue weighted by atomic mass is 32.1. The van der Waals surface area contributed by atoms with Crippen molar-refractivity contribution in [3.05, 3.63) is 134 Å². The first kappa shape index (κ1) is 24.8. The SMILES string of the molecule is c1ccc(-n2c(-c3cc(-c4nc5ccccc5s4)cc(-c4cc5cccnc5c5ncccc45)c3)nc3cccnc32)cc1. The van der Waals surface area contributed by atoms with E-state index in [2.05, 4.69) is 76.3 Å². The van der Waals surface area contributed by atoms with Crippen molar-refractivity contribution in [1.82, 2.24) is 29.5 Å². The average Bonchev–Trinajstić information content (AvgIpc) is 3.71. The zero-order chi connectivity index (χ0) is 29.0. The molecule has 0 aliphatic heterocycles. The van der Waals surface area contributed by atoms with Crippen LogP contribution in [-0.2, 0) is 0 Å². The first-order valence-electron chi connectivity index (χ1n) is 14.3. The Kier molecular flexibility index (Phi) is 5.57. The highest BCUT2D eigenvalue weighted by Gasteiger charge is 2.19. The predicted octanol–water partition coefficient (Wildman–Crippen LogP) is 9.13. The summed E-state index contributed by atoms with van der Waals surface area (Å²) in [5.41, 5.74) is 9.56. The summed E-state index contributed by atoms with van der Waals surface area (Å²) in [6, 6.07) is 39.6. The first-order chi connectivity index (χ1) is 21.8. The van der Waals surface area contributed by atoms with Gasteiger partial charge in [0.05, 0.1) is 21.3 Å². The van der Waals surface area contributed by atoms with Crippen molar-refractivity contribution in [3.63, 3.8) is 0 Å². The molecule has 0 spiro atoms. The third-order valence-electron chi connectivity index (χ3n) is 7.93. The van der Waals surface area contributed by atoms with Crippen LogP contribution in [0.2, 0.25) is 0 Å². The molecule has 0 saturated carbocycles. The minimum absolute atomic E-state index is 0.812. The van der Waals surface area contributed by atoms with E-state index in [9.17, 15) is 0 Å². The van der Waals surface area contributed by atoms with Gasteiger partial charge in [-0.05, 0) is 83.9 Å². The van der Waals surface area contributed by atoms with Crippen LogP contribution in [0.25, 0.3) is 82.0 Å². The van der Waals surface area contributed by atoms with Crippen molar-refractivity contribution >= 4 is 54.5 Å². The zero-order valence-electron chi connectivity index (χ0n) is 23.3. The zero-order valence-corrected chi connectivity index (χ0v) is 24.1. The molecule has 4 aromatic carbocycles. The van der Waals surface area contributed by atoms with E-state index in [-0.39, 0.29) is 0 Å². The first-order valence-corrected chi connectivity index (χ1v) is 15.1. The predicted molar refractivity (Wildman–Crippen MR) is 179 cm³/mol. The molecule has 0 saturated heterocycles. The maximum atomic E-state index is 5.14. The van der Waals surface area contributed by atoms with Gasteiger partial charge in [-0.3, -0.25) is 14.5 Å². The molecule has 5 heterocycles. The maximum Gasteiger partial charge on any atom is 0.164 e. The summed E-state index contributed by atoms with van der Waals surface area (Å²) in [5.74, 6) is 0.819. The number of nitrogens with zero attached hydrogens (tertiary/aromatic N) is 6. The number of benzene rings is 4. The number of hydrogen-bond acceptors (Lipinski definition) is 6. The molecule has 9 rings (SSSR count). The molecule has 0 amide bonds. The lowest BCUT2D eigenvalue weighted by atomic mass is 9.94. The number of aromatic nitrogens is 6. The molecule has 0 aliphatic carbocycles. The number of para-hydroxylation sites is 2. The quantitative estimate of drug-likeness (QED) is 0.194. The molecule has 0 atom stereocenters. The van der Waals surface area contributed by atoms with Gasteiger partial charge >= 0.3 is 0 Å². The third kappa shape index (κ3) is 3.98. The van der Waals surface area contributed by atoms with Crippen LogP contribution in [0.15, 0.2) is 134 Å². The Morgan fingerprint density at radius 1 is 0.545 bits per heavy atom. The fourth-order valence-electron chi connectivity index (χ4n) is 5.97. The molecule has 206 valence electrons. The van der Waals surface area contributed by atoms with Crippen LogP contribution in [0.4, 0.5) is 0 Å². The number of rotatable bonds is 4. The van der Waals surface area contributed by atoms with Crippen molar-refractivity contribution in [1.29, 1.82) is 0 Å². The number of hydrogen-bond donors (Lipinski definition) is 0. The summed E-state index contributed by atoms with van der Waals surface area (Å²) in [6.07, 6.45) is 5.47. The lowest BCUT2D eigenvalue weighted by Gasteiger charge is -2.14. The summed E-state index contributed by atoms with van der Waals surface area (Å²) >= 11 is 1.70. The van der Waals surface area contributed by atoms with Crippen LogP contribution in [-0.4, -0.2) is 29.5 Å². The summed E-state index contributed by atoms with van der Waals surface area (Å²) in [5, 5.41) is 3.05. The van der Waals surface area contributed by atoms with E-state index in [1.54, 1.807) is 11.3 Å². The van der Waals surface area contributed by atoms with Gasteiger partial charge in [0, 0.05) is 46.2 Å². The second-order valence-electron chi connectivity index (χ2n) is 10.6. The van der Waals surface area contributed by atoms with E-state index >= 15 is 0 Å². The summed E-state index contributed by atoms with van der Waals surface area (Å²) in [6.45, 7) is 0. The van der Waals surface area contributed by atoms with Crippen LogP contribution in [0.3, 0.4) is 0 Å². The highest BCUT2D eigenvalue weighted by molar-refractivity contribution is 7.21. The molecule has 0 radical (unpaired) electrons. The molecule has 44 heavy (non-hydrogen) atoms. The van der Waals surface area contributed by atoms with Crippen LogP contribution < -0.4 is 0 Å². The Balaban J connectivity index is 1.37. The molecule has 0 bridgehead atoms. The van der Waals surface area contributed by atoms with Gasteiger partial charge in [-0.2, -0.15) is 0 Å². The monoisotopic (exact) mass is 582 g/mol. The third-order valence-corrected chi connectivity index (χ3v) is 9.02. The van der Waals surface area contributed by atoms with Crippen molar-refractivity contribution in [3.8, 4) is 38.8 Å². The largest absolute Gasteiger partial charge is 0.277 e. The smallest absolute Gasteiger partial charge is 0.164 e. The van der Waals surface area contributed by atoms with E-state index in [4.69, 9.17) is 19.9 Å². The van der Waals surface area contributed by atoms with Gasteiger partial charge < -0.3 is 0 Å². The van der Waals surface area contributed by atoms with Crippen LogP contribution in [0.5, 0.6) is 0 Å². The van der Waals surface area contributed by atoms with E-state index < -0.39 is 0 Å². The van der Waals surface area contributed by atoms with Crippen molar-refractivity contribution < 1.29 is 0 Å². The van der Waals surface area contributed by atoms with E-state index in [0.29, 0.717) is 0 Å². The van der Waals surface area contributed by atoms with Gasteiger partial charge in [0.15, 0.2) is 5.65 Å². The minimum atomic E-state index is 0.812. The lowest BCUT2D eigenvalue weighted by Crippen LogP contribution is -1.99. The fourth-order valence-corrected chi connectivity index (χ4v) is 6.93. The molecule has 6 nitrogen and oxygen atoms in total. The molecule has 9 aromatic rings. The van der Waals surface area contributed by atoms with Crippen LogP contribution in [0, 0.1) is 0 Å². The van der Waals surface area contributed by atoms with Crippen LogP contribution in [0.1, 0.15) is 0 Å². The number of imidazole rings is 1. The molecular formula is C37H22N6S. The van der Waals surface area contributed by atoms with Crippen molar-refractivity contribution in [2.45, 2.75) is 0 Å². The van der Waals surface area contributed by atoms with Gasteiger partial charge in [-0.25, -0.2) is 15.0 Å². The average molecular weight is 583 g/mol. The Morgan fingerprint density at radius 2 is 1.27 bits per heavy atom. The van der Waals surface area contributed by atoms with E-state index in [1.165, 1.54) is 0 Å². The standard InChI is InChI=1S/C37H22N6S/c1-2-10-27(11-3-1)43-35(41-31-14-8-18-40-36(31)43)25-19-24(20-26(21-25)37-42-30-13-4-5-15-32(30)44-37)29-22-23-9-6-16-38-33(23)34-28(29)12-7-17-39-34/h1-22H. The Bertz CT molecular complexity index is 2480. The summed E-state index contributed by atoms with van der Waals surface area (Å²) in [7, 11) is 0. The molecule has 0 N–H and O–H groups in total. The second-order valence-corrected chi connectivity index (χ2v) is 11.7. The van der Waals surface area contributed by atoms with Gasteiger partial charge in [0.1, 0.15) is 16.3 Å². The molecule has 0 unspecified atom stereocenters. The number of pyridine rings is 3. The highest BCUT2D eigenvalue weighted by Crippen LogP contribution is 2.40. The van der Waals surface area contributed by atoms with E-state index in [0.717, 1.165) is 82.0 Å². The lowest BCUT2D eigenvalue weighted by molar-refractivity contribution is 1.08. The second kappa shape index (κ2) is 9.90. The normalized spacial score (nSPS) is 11.6. The fraction of sp³-hybridized carbons (Fsp3) is 0. The summed E-state index contributed by atoms with van der Waals surface area (Å²) in [4.78, 5) is 24.4. The van der Waals surface area contributed by atoms with Gasteiger partial charge in [-0.1, -0.05) is 42.5 Å². The molecule has 0 fully saturated rings. The van der Waals surface area contributed by atoms with Crippen molar-refractivity contribution in [2.24, 2.45) is 0 Å². The minimum Gasteiger partial charge on any atom is -0.277 e. The Labute approximate surface area is 256 Å². The van der Waals surface area contributed by atoms with Crippen molar-refractivity contribution in [2.75, 3.05) is 0 Å². The van der Waals surface area contributed by atoms with Gasteiger partial charge in [0.25, 0.3) is 0 Å².